The van der Waals surface area contributed by atoms with E-state index < -0.39 is 10.2 Å². The van der Waals surface area contributed by atoms with Gasteiger partial charge in [-0.15, -0.1) is 12.4 Å². The molecule has 0 bridgehead atoms. The van der Waals surface area contributed by atoms with Crippen LogP contribution < -0.4 is 10.9 Å². The lowest BCUT2D eigenvalue weighted by atomic mass is 9.89. The Hall–Kier alpha value is -0.410. The van der Waals surface area contributed by atoms with Crippen molar-refractivity contribution in [3.05, 3.63) is 0 Å². The van der Waals surface area contributed by atoms with Crippen LogP contribution in [-0.2, 0) is 15.0 Å². The number of halogens is 1. The van der Waals surface area contributed by atoms with E-state index in [0.717, 1.165) is 19.4 Å². The van der Waals surface area contributed by atoms with Crippen molar-refractivity contribution in [3.63, 3.8) is 0 Å². The normalized spacial score (nSPS) is 28.2. The zero-order valence-electron chi connectivity index (χ0n) is 13.0. The Labute approximate surface area is 139 Å². The maximum absolute atomic E-state index is 12.7. The summed E-state index contributed by atoms with van der Waals surface area (Å²) < 4.78 is 23.8. The zero-order valence-corrected chi connectivity index (χ0v) is 14.6. The van der Waals surface area contributed by atoms with Gasteiger partial charge in [-0.1, -0.05) is 6.92 Å². The molecule has 0 aromatic heterocycles. The Balaban J connectivity index is 0.00000242. The van der Waals surface area contributed by atoms with Crippen LogP contribution in [0.25, 0.3) is 0 Å². The first-order valence-corrected chi connectivity index (χ1v) is 9.11. The number of likely N-dealkylation sites (tertiary alicyclic amines) is 1. The molecule has 2 saturated heterocycles. The molecule has 0 aromatic carbocycles. The lowest BCUT2D eigenvalue weighted by Crippen LogP contribution is -2.53. The molecule has 2 rings (SSSR count). The van der Waals surface area contributed by atoms with Crippen LogP contribution >= 0.6 is 12.4 Å². The number of piperidine rings is 2. The van der Waals surface area contributed by atoms with E-state index >= 15 is 0 Å². The smallest absolute Gasteiger partial charge is 0.276 e. The van der Waals surface area contributed by atoms with E-state index in [1.807, 2.05) is 4.90 Å². The Morgan fingerprint density at radius 2 is 1.77 bits per heavy atom. The first-order valence-electron chi connectivity index (χ1n) is 7.61. The highest BCUT2D eigenvalue weighted by Gasteiger charge is 2.35. The molecule has 2 aliphatic heterocycles. The summed E-state index contributed by atoms with van der Waals surface area (Å²) in [7, 11) is -3.63. The predicted octanol–water partition coefficient (Wildman–Crippen LogP) is -0.0905. The lowest BCUT2D eigenvalue weighted by molar-refractivity contribution is -0.141. The summed E-state index contributed by atoms with van der Waals surface area (Å²) in [4.78, 5) is 14.6. The van der Waals surface area contributed by atoms with Gasteiger partial charge in [0.05, 0.1) is 0 Å². The Morgan fingerprint density at radius 1 is 1.18 bits per heavy atom. The molecule has 0 radical (unpaired) electrons. The summed E-state index contributed by atoms with van der Waals surface area (Å²) in [6, 6.07) is 0.123. The number of carbonyl (C=O) groups excluding carboxylic acids is 1. The van der Waals surface area contributed by atoms with Crippen molar-refractivity contribution in [1.29, 1.82) is 0 Å². The van der Waals surface area contributed by atoms with Crippen LogP contribution in [0.2, 0.25) is 0 Å². The third-order valence-electron chi connectivity index (χ3n) is 4.70. The Bertz CT molecular complexity index is 480. The quantitative estimate of drug-likeness (QED) is 0.737. The second-order valence-corrected chi connectivity index (χ2v) is 7.82. The Morgan fingerprint density at radius 3 is 2.27 bits per heavy atom. The van der Waals surface area contributed by atoms with Crippen molar-refractivity contribution >= 4 is 28.5 Å². The highest BCUT2D eigenvalue weighted by atomic mass is 35.5. The number of hydrogen-bond acceptors (Lipinski definition) is 4. The monoisotopic (exact) mass is 354 g/mol. The van der Waals surface area contributed by atoms with Crippen LogP contribution in [0, 0.1) is 11.8 Å². The van der Waals surface area contributed by atoms with Crippen molar-refractivity contribution < 1.29 is 13.2 Å². The van der Waals surface area contributed by atoms with Gasteiger partial charge in [0.2, 0.25) is 5.91 Å². The van der Waals surface area contributed by atoms with Crippen LogP contribution in [0.4, 0.5) is 0 Å². The molecule has 2 aliphatic rings. The molecule has 0 spiro atoms. The third kappa shape index (κ3) is 4.55. The standard InChI is InChI=1S/C13H26N4O3S.ClH/c1-10-2-7-17(12(8-10)9-14)13(18)11-3-5-16(6-4-11)21(15,19)20;/h10-12H,2-9,14H2,1H3,(H2,15,19,20);1H. The van der Waals surface area contributed by atoms with E-state index in [0.29, 0.717) is 38.4 Å². The minimum absolute atomic E-state index is 0. The van der Waals surface area contributed by atoms with Crippen molar-refractivity contribution in [3.8, 4) is 0 Å². The molecule has 0 aromatic rings. The second kappa shape index (κ2) is 7.92. The van der Waals surface area contributed by atoms with Gasteiger partial charge in [-0.2, -0.15) is 12.7 Å². The number of rotatable bonds is 3. The van der Waals surface area contributed by atoms with E-state index in [1.165, 1.54) is 4.31 Å². The molecule has 130 valence electrons. The predicted molar refractivity (Wildman–Crippen MR) is 87.6 cm³/mol. The molecule has 2 atom stereocenters. The average molecular weight is 355 g/mol. The molecule has 2 unspecified atom stereocenters. The van der Waals surface area contributed by atoms with Gasteiger partial charge < -0.3 is 10.6 Å². The Kier molecular flexibility index (Phi) is 7.07. The number of nitrogens with two attached hydrogens (primary N) is 2. The molecular weight excluding hydrogens is 328 g/mol. The summed E-state index contributed by atoms with van der Waals surface area (Å²) >= 11 is 0. The summed E-state index contributed by atoms with van der Waals surface area (Å²) in [6.07, 6.45) is 3.05. The molecule has 0 saturated carbocycles. The maximum Gasteiger partial charge on any atom is 0.276 e. The first kappa shape index (κ1) is 19.6. The van der Waals surface area contributed by atoms with Gasteiger partial charge >= 0.3 is 0 Å². The molecule has 4 N–H and O–H groups in total. The van der Waals surface area contributed by atoms with E-state index in [4.69, 9.17) is 10.9 Å². The van der Waals surface area contributed by atoms with Crippen LogP contribution in [0.5, 0.6) is 0 Å². The fraction of sp³-hybridized carbons (Fsp3) is 0.923. The first-order chi connectivity index (χ1) is 9.82. The zero-order chi connectivity index (χ0) is 15.6. The average Bonchev–Trinajstić information content (AvgIpc) is 2.45. The van der Waals surface area contributed by atoms with E-state index in [1.54, 1.807) is 0 Å². The lowest BCUT2D eigenvalue weighted by Gasteiger charge is -2.41. The minimum atomic E-state index is -3.63. The van der Waals surface area contributed by atoms with E-state index in [-0.39, 0.29) is 30.3 Å². The molecule has 2 heterocycles. The van der Waals surface area contributed by atoms with Gasteiger partial charge in [0.1, 0.15) is 0 Å². The number of nitrogens with zero attached hydrogens (tertiary/aromatic N) is 2. The third-order valence-corrected chi connectivity index (χ3v) is 5.78. The summed E-state index contributed by atoms with van der Waals surface area (Å²) in [6.45, 7) is 4.10. The number of amides is 1. The fourth-order valence-electron chi connectivity index (χ4n) is 3.36. The van der Waals surface area contributed by atoms with Gasteiger partial charge in [-0.05, 0) is 31.6 Å². The summed E-state index contributed by atoms with van der Waals surface area (Å²) in [5.74, 6) is 0.628. The van der Waals surface area contributed by atoms with Crippen LogP contribution in [0.1, 0.15) is 32.6 Å². The largest absolute Gasteiger partial charge is 0.338 e. The van der Waals surface area contributed by atoms with Crippen LogP contribution in [0.15, 0.2) is 0 Å². The molecule has 9 heteroatoms. The van der Waals surface area contributed by atoms with E-state index in [2.05, 4.69) is 6.92 Å². The highest BCUT2D eigenvalue weighted by molar-refractivity contribution is 7.86. The van der Waals surface area contributed by atoms with E-state index in [9.17, 15) is 13.2 Å². The number of carbonyl (C=O) groups is 1. The highest BCUT2D eigenvalue weighted by Crippen LogP contribution is 2.27. The van der Waals surface area contributed by atoms with Crippen molar-refractivity contribution in [1.82, 2.24) is 9.21 Å². The van der Waals surface area contributed by atoms with Gasteiger partial charge in [-0.25, -0.2) is 5.14 Å². The SMILES string of the molecule is CC1CCN(C(=O)C2CCN(S(N)(=O)=O)CC2)C(CN)C1.Cl. The second-order valence-electron chi connectivity index (χ2n) is 6.27. The molecule has 1 amide bonds. The fourth-order valence-corrected chi connectivity index (χ4v) is 4.08. The molecule has 22 heavy (non-hydrogen) atoms. The van der Waals surface area contributed by atoms with Gasteiger partial charge in [-0.3, -0.25) is 4.79 Å². The van der Waals surface area contributed by atoms with Crippen molar-refractivity contribution in [2.45, 2.75) is 38.6 Å². The topological polar surface area (TPSA) is 110 Å². The molecule has 0 aliphatic carbocycles. The minimum Gasteiger partial charge on any atom is -0.338 e. The summed E-state index contributed by atoms with van der Waals surface area (Å²) in [5, 5.41) is 5.12. The van der Waals surface area contributed by atoms with Gasteiger partial charge in [0.15, 0.2) is 0 Å². The van der Waals surface area contributed by atoms with Crippen molar-refractivity contribution in [2.75, 3.05) is 26.2 Å². The molecule has 2 fully saturated rings. The van der Waals surface area contributed by atoms with Crippen LogP contribution in [-0.4, -0.2) is 55.8 Å². The van der Waals surface area contributed by atoms with Gasteiger partial charge in [0, 0.05) is 38.1 Å². The summed E-state index contributed by atoms with van der Waals surface area (Å²) in [5.41, 5.74) is 5.80. The van der Waals surface area contributed by atoms with Gasteiger partial charge in [0.25, 0.3) is 10.2 Å². The number of hydrogen-bond donors (Lipinski definition) is 2. The molecule has 7 nitrogen and oxygen atoms in total. The maximum atomic E-state index is 12.7. The van der Waals surface area contributed by atoms with Crippen LogP contribution in [0.3, 0.4) is 0 Å². The molecular formula is C13H27ClN4O3S. The van der Waals surface area contributed by atoms with Crippen molar-refractivity contribution in [2.24, 2.45) is 22.7 Å².